The highest BCUT2D eigenvalue weighted by atomic mass is 19.4. The molecule has 2 saturated heterocycles. The van der Waals surface area contributed by atoms with Crippen molar-refractivity contribution in [3.8, 4) is 0 Å². The Labute approximate surface area is 143 Å². The third-order valence-electron chi connectivity index (χ3n) is 5.03. The lowest BCUT2D eigenvalue weighted by atomic mass is 9.85. The first-order valence-electron chi connectivity index (χ1n) is 8.39. The molecular formula is C17H20F3N3O2. The minimum Gasteiger partial charge on any atom is -0.342 e. The minimum atomic E-state index is -4.59. The van der Waals surface area contributed by atoms with Gasteiger partial charge in [-0.25, -0.2) is 0 Å². The van der Waals surface area contributed by atoms with Gasteiger partial charge in [0, 0.05) is 37.9 Å². The fourth-order valence-electron chi connectivity index (χ4n) is 3.70. The summed E-state index contributed by atoms with van der Waals surface area (Å²) in [5.41, 5.74) is -1.70. The quantitative estimate of drug-likeness (QED) is 0.837. The molecule has 0 N–H and O–H groups in total. The van der Waals surface area contributed by atoms with Gasteiger partial charge in [0.1, 0.15) is 5.69 Å². The average Bonchev–Trinajstić information content (AvgIpc) is 3.14. The van der Waals surface area contributed by atoms with Gasteiger partial charge in [-0.05, 0) is 31.4 Å². The number of nitrogens with zero attached hydrogens (tertiary/aromatic N) is 3. The maximum Gasteiger partial charge on any atom is 0.433 e. The van der Waals surface area contributed by atoms with Gasteiger partial charge in [-0.15, -0.1) is 0 Å². The summed E-state index contributed by atoms with van der Waals surface area (Å²) in [7, 11) is 0. The van der Waals surface area contributed by atoms with Crippen molar-refractivity contribution >= 4 is 11.8 Å². The Hall–Kier alpha value is -2.12. The van der Waals surface area contributed by atoms with Gasteiger partial charge in [0.2, 0.25) is 5.91 Å². The Morgan fingerprint density at radius 3 is 2.72 bits per heavy atom. The molecule has 0 aliphatic carbocycles. The van der Waals surface area contributed by atoms with E-state index in [1.165, 1.54) is 11.0 Å². The van der Waals surface area contributed by atoms with Crippen LogP contribution < -0.4 is 0 Å². The number of pyridine rings is 1. The van der Waals surface area contributed by atoms with Crippen LogP contribution in [-0.2, 0) is 11.0 Å². The van der Waals surface area contributed by atoms with E-state index in [4.69, 9.17) is 0 Å². The van der Waals surface area contributed by atoms with Gasteiger partial charge in [0.15, 0.2) is 0 Å². The predicted molar refractivity (Wildman–Crippen MR) is 83.7 cm³/mol. The molecule has 1 aromatic heterocycles. The van der Waals surface area contributed by atoms with Crippen molar-refractivity contribution in [2.24, 2.45) is 5.41 Å². The zero-order chi connectivity index (χ0) is 18.2. The topological polar surface area (TPSA) is 53.5 Å². The highest BCUT2D eigenvalue weighted by Crippen LogP contribution is 2.41. The maximum atomic E-state index is 12.8. The number of halogens is 3. The largest absolute Gasteiger partial charge is 0.433 e. The molecule has 2 aliphatic rings. The first-order chi connectivity index (χ1) is 11.8. The van der Waals surface area contributed by atoms with E-state index in [1.807, 2.05) is 11.8 Å². The smallest absolute Gasteiger partial charge is 0.342 e. The number of amides is 2. The van der Waals surface area contributed by atoms with Crippen LogP contribution in [0.25, 0.3) is 0 Å². The standard InChI is InChI=1S/C17H20F3N3O2/c1-2-7-22-8-4-16(15(22)25)5-9-23(11-16)14(24)12-3-6-21-13(10-12)17(18,19)20/h3,6,10H,2,4-5,7-9,11H2,1H3. The van der Waals surface area contributed by atoms with Gasteiger partial charge in [-0.2, -0.15) is 13.2 Å². The number of hydrogen-bond acceptors (Lipinski definition) is 3. The molecule has 0 radical (unpaired) electrons. The molecule has 1 spiro atoms. The second-order valence-corrected chi connectivity index (χ2v) is 6.73. The summed E-state index contributed by atoms with van der Waals surface area (Å²) in [6.45, 7) is 4.04. The van der Waals surface area contributed by atoms with Crippen molar-refractivity contribution in [3.63, 3.8) is 0 Å². The fraction of sp³-hybridized carbons (Fsp3) is 0.588. The van der Waals surface area contributed by atoms with Gasteiger partial charge >= 0.3 is 6.18 Å². The second kappa shape index (κ2) is 6.31. The van der Waals surface area contributed by atoms with E-state index in [9.17, 15) is 22.8 Å². The normalized spacial score (nSPS) is 23.8. The molecule has 1 aromatic rings. The molecule has 25 heavy (non-hydrogen) atoms. The number of carbonyl (C=O) groups excluding carboxylic acids is 2. The summed E-state index contributed by atoms with van der Waals surface area (Å²) in [6, 6.07) is 2.05. The average molecular weight is 355 g/mol. The molecular weight excluding hydrogens is 335 g/mol. The number of hydrogen-bond donors (Lipinski definition) is 0. The zero-order valence-corrected chi connectivity index (χ0v) is 14.0. The molecule has 0 aromatic carbocycles. The summed E-state index contributed by atoms with van der Waals surface area (Å²) in [4.78, 5) is 31.8. The first kappa shape index (κ1) is 17.7. The van der Waals surface area contributed by atoms with Gasteiger partial charge in [0.05, 0.1) is 5.41 Å². The third-order valence-corrected chi connectivity index (χ3v) is 5.03. The number of carbonyl (C=O) groups is 2. The van der Waals surface area contributed by atoms with Crippen molar-refractivity contribution in [2.75, 3.05) is 26.2 Å². The van der Waals surface area contributed by atoms with E-state index in [1.54, 1.807) is 0 Å². The lowest BCUT2D eigenvalue weighted by Crippen LogP contribution is -2.38. The van der Waals surface area contributed by atoms with Gasteiger partial charge < -0.3 is 9.80 Å². The molecule has 0 saturated carbocycles. The molecule has 3 rings (SSSR count). The Kier molecular flexibility index (Phi) is 4.47. The van der Waals surface area contributed by atoms with Crippen LogP contribution in [0.5, 0.6) is 0 Å². The Balaban J connectivity index is 1.75. The highest BCUT2D eigenvalue weighted by molar-refractivity contribution is 5.95. The van der Waals surface area contributed by atoms with Gasteiger partial charge in [-0.3, -0.25) is 14.6 Å². The third kappa shape index (κ3) is 3.21. The van der Waals surface area contributed by atoms with Crippen LogP contribution in [0.3, 0.4) is 0 Å². The summed E-state index contributed by atoms with van der Waals surface area (Å²) >= 11 is 0. The van der Waals surface area contributed by atoms with E-state index in [2.05, 4.69) is 4.98 Å². The van der Waals surface area contributed by atoms with E-state index in [0.29, 0.717) is 32.5 Å². The number of rotatable bonds is 3. The lowest BCUT2D eigenvalue weighted by molar-refractivity contribution is -0.141. The molecule has 2 aliphatic heterocycles. The van der Waals surface area contributed by atoms with Crippen LogP contribution in [0.1, 0.15) is 42.2 Å². The summed E-state index contributed by atoms with van der Waals surface area (Å²) < 4.78 is 38.3. The van der Waals surface area contributed by atoms with Crippen molar-refractivity contribution < 1.29 is 22.8 Å². The molecule has 1 atom stereocenters. The van der Waals surface area contributed by atoms with Crippen LogP contribution in [0.4, 0.5) is 13.2 Å². The molecule has 3 heterocycles. The summed E-state index contributed by atoms with van der Waals surface area (Å²) in [6.07, 6.45) is -1.47. The van der Waals surface area contributed by atoms with Crippen molar-refractivity contribution in [1.29, 1.82) is 0 Å². The van der Waals surface area contributed by atoms with Gasteiger partial charge in [0.25, 0.3) is 5.91 Å². The lowest BCUT2D eigenvalue weighted by Gasteiger charge is -2.23. The van der Waals surface area contributed by atoms with E-state index in [-0.39, 0.29) is 18.0 Å². The van der Waals surface area contributed by atoms with E-state index >= 15 is 0 Å². The minimum absolute atomic E-state index is 0.0461. The SMILES string of the molecule is CCCN1CCC2(CCN(C(=O)c3ccnc(C(F)(F)F)c3)C2)C1=O. The number of likely N-dealkylation sites (tertiary alicyclic amines) is 2. The Bertz CT molecular complexity index is 692. The van der Waals surface area contributed by atoms with Gasteiger partial charge in [-0.1, -0.05) is 6.92 Å². The monoisotopic (exact) mass is 355 g/mol. The van der Waals surface area contributed by atoms with Crippen molar-refractivity contribution in [1.82, 2.24) is 14.8 Å². The van der Waals surface area contributed by atoms with Crippen LogP contribution in [0.2, 0.25) is 0 Å². The molecule has 2 fully saturated rings. The summed E-state index contributed by atoms with van der Waals surface area (Å²) in [5.74, 6) is -0.415. The second-order valence-electron chi connectivity index (χ2n) is 6.73. The highest BCUT2D eigenvalue weighted by Gasteiger charge is 2.51. The zero-order valence-electron chi connectivity index (χ0n) is 14.0. The van der Waals surface area contributed by atoms with Crippen LogP contribution in [0.15, 0.2) is 18.3 Å². The van der Waals surface area contributed by atoms with E-state index < -0.39 is 23.2 Å². The molecule has 2 amide bonds. The molecule has 136 valence electrons. The van der Waals surface area contributed by atoms with Crippen LogP contribution in [0, 0.1) is 5.41 Å². The van der Waals surface area contributed by atoms with Crippen LogP contribution in [-0.4, -0.2) is 52.8 Å². The van der Waals surface area contributed by atoms with E-state index in [0.717, 1.165) is 18.7 Å². The summed E-state index contributed by atoms with van der Waals surface area (Å²) in [5, 5.41) is 0. The number of aromatic nitrogens is 1. The Morgan fingerprint density at radius 1 is 1.32 bits per heavy atom. The molecule has 1 unspecified atom stereocenters. The molecule has 8 heteroatoms. The predicted octanol–water partition coefficient (Wildman–Crippen LogP) is 2.58. The molecule has 0 bridgehead atoms. The van der Waals surface area contributed by atoms with Crippen molar-refractivity contribution in [3.05, 3.63) is 29.6 Å². The maximum absolute atomic E-state index is 12.8. The fourth-order valence-corrected chi connectivity index (χ4v) is 3.70. The van der Waals surface area contributed by atoms with Crippen molar-refractivity contribution in [2.45, 2.75) is 32.4 Å². The number of alkyl halides is 3. The van der Waals surface area contributed by atoms with Crippen LogP contribution >= 0.6 is 0 Å². The first-order valence-corrected chi connectivity index (χ1v) is 8.39. The molecule has 5 nitrogen and oxygen atoms in total. The Morgan fingerprint density at radius 2 is 2.04 bits per heavy atom.